The molecule has 0 radical (unpaired) electrons. The molecule has 2 aliphatic carbocycles. The quantitative estimate of drug-likeness (QED) is 0.738. The molecule has 0 saturated heterocycles. The number of aliphatic hydroxyl groups excluding tert-OH is 2. The number of ether oxygens (including phenoxy) is 1. The monoisotopic (exact) mass is 391 g/mol. The smallest absolute Gasteiger partial charge is 0.193 e. The van der Waals surface area contributed by atoms with Crippen LogP contribution >= 0.6 is 0 Å². The van der Waals surface area contributed by atoms with Crippen LogP contribution < -0.4 is 4.74 Å². The van der Waals surface area contributed by atoms with Crippen LogP contribution in [0, 0.1) is 11.3 Å². The van der Waals surface area contributed by atoms with Crippen molar-refractivity contribution >= 4 is 11.4 Å². The highest BCUT2D eigenvalue weighted by atomic mass is 16.5. The van der Waals surface area contributed by atoms with Gasteiger partial charge in [0, 0.05) is 22.1 Å². The molecule has 0 aliphatic heterocycles. The number of phenols is 1. The molecule has 0 fully saturated rings. The third-order valence-corrected chi connectivity index (χ3v) is 5.87. The number of carbonyl (C=O) groups is 1. The highest BCUT2D eigenvalue weighted by Gasteiger charge is 2.43. The van der Waals surface area contributed by atoms with Crippen LogP contribution in [0.4, 0.5) is 0 Å². The first-order chi connectivity index (χ1) is 13.8. The van der Waals surface area contributed by atoms with Gasteiger partial charge >= 0.3 is 0 Å². The maximum Gasteiger partial charge on any atom is 0.193 e. The summed E-state index contributed by atoms with van der Waals surface area (Å²) in [5.41, 5.74) is 3.89. The van der Waals surface area contributed by atoms with Gasteiger partial charge in [0.15, 0.2) is 5.78 Å². The summed E-state index contributed by atoms with van der Waals surface area (Å²) in [6, 6.07) is 10.5. The van der Waals surface area contributed by atoms with Crippen molar-refractivity contribution in [2.45, 2.75) is 31.8 Å². The predicted molar refractivity (Wildman–Crippen MR) is 106 cm³/mol. The third-order valence-electron chi connectivity index (χ3n) is 5.87. The zero-order chi connectivity index (χ0) is 20.9. The number of rotatable bonds is 4. The van der Waals surface area contributed by atoms with Gasteiger partial charge in [-0.2, -0.15) is 5.26 Å². The van der Waals surface area contributed by atoms with Crippen LogP contribution in [0.1, 0.15) is 46.5 Å². The second kappa shape index (κ2) is 6.73. The Hall–Kier alpha value is -3.14. The minimum absolute atomic E-state index is 0.0478. The van der Waals surface area contributed by atoms with Crippen molar-refractivity contribution in [1.82, 2.24) is 0 Å². The van der Waals surface area contributed by atoms with Gasteiger partial charge in [-0.05, 0) is 47.4 Å². The minimum Gasteiger partial charge on any atom is -0.506 e. The molecule has 0 heterocycles. The SMILES string of the molecule is CC1(C)C2=C(C(=O)c3ccc(OC[C@H](O)CO)cc31)c1ccc(C#N)c(O)c1C2. The lowest BCUT2D eigenvalue weighted by Crippen LogP contribution is -2.30. The van der Waals surface area contributed by atoms with Crippen molar-refractivity contribution in [3.05, 3.63) is 63.7 Å². The number of aliphatic hydroxyl groups is 2. The van der Waals surface area contributed by atoms with E-state index in [2.05, 4.69) is 0 Å². The van der Waals surface area contributed by atoms with Crippen molar-refractivity contribution in [3.63, 3.8) is 0 Å². The molecule has 1 atom stereocenters. The van der Waals surface area contributed by atoms with E-state index in [1.807, 2.05) is 19.9 Å². The van der Waals surface area contributed by atoms with Crippen molar-refractivity contribution in [3.8, 4) is 17.6 Å². The first kappa shape index (κ1) is 19.2. The summed E-state index contributed by atoms with van der Waals surface area (Å²) in [4.78, 5) is 13.3. The maximum absolute atomic E-state index is 13.3. The Labute approximate surface area is 168 Å². The van der Waals surface area contributed by atoms with Gasteiger partial charge in [0.2, 0.25) is 0 Å². The van der Waals surface area contributed by atoms with Gasteiger partial charge in [-0.1, -0.05) is 19.9 Å². The molecule has 0 saturated carbocycles. The Kier molecular flexibility index (Phi) is 4.45. The standard InChI is InChI=1S/C23H21NO5/c1-23(2)18-7-14(29-11-13(26)10-25)4-6-16(18)22(28)20-15-5-3-12(9-24)21(27)17(15)8-19(20)23/h3-7,13,25-27H,8,10-11H2,1-2H3/t13-/m1/s1. The number of nitrogens with zero attached hydrogens (tertiary/aromatic N) is 1. The number of nitriles is 1. The number of benzene rings is 2. The molecule has 6 nitrogen and oxygen atoms in total. The fourth-order valence-corrected chi connectivity index (χ4v) is 4.23. The summed E-state index contributed by atoms with van der Waals surface area (Å²) in [5.74, 6) is 0.333. The van der Waals surface area contributed by atoms with Crippen LogP contribution in [0.25, 0.3) is 5.57 Å². The zero-order valence-corrected chi connectivity index (χ0v) is 16.2. The van der Waals surface area contributed by atoms with E-state index in [1.165, 1.54) is 0 Å². The normalized spacial score (nSPS) is 17.3. The van der Waals surface area contributed by atoms with E-state index in [0.717, 1.165) is 11.1 Å². The minimum atomic E-state index is -0.975. The Morgan fingerprint density at radius 3 is 2.66 bits per heavy atom. The second-order valence-corrected chi connectivity index (χ2v) is 7.94. The molecule has 4 rings (SSSR count). The summed E-state index contributed by atoms with van der Waals surface area (Å²) < 4.78 is 5.56. The fraction of sp³-hybridized carbons (Fsp3) is 0.304. The predicted octanol–water partition coefficient (Wildman–Crippen LogP) is 2.48. The fourth-order valence-electron chi connectivity index (χ4n) is 4.23. The van der Waals surface area contributed by atoms with Gasteiger partial charge in [-0.3, -0.25) is 4.79 Å². The van der Waals surface area contributed by atoms with E-state index in [0.29, 0.717) is 34.4 Å². The maximum atomic E-state index is 13.3. The lowest BCUT2D eigenvalue weighted by Gasteiger charge is -2.34. The second-order valence-electron chi connectivity index (χ2n) is 7.94. The van der Waals surface area contributed by atoms with Crippen molar-refractivity contribution in [1.29, 1.82) is 5.26 Å². The van der Waals surface area contributed by atoms with Gasteiger partial charge in [0.1, 0.15) is 30.3 Å². The number of aromatic hydroxyl groups is 1. The van der Waals surface area contributed by atoms with Crippen LogP contribution in [-0.4, -0.2) is 40.4 Å². The molecule has 0 unspecified atom stereocenters. The summed E-state index contributed by atoms with van der Waals surface area (Å²) >= 11 is 0. The molecule has 2 aromatic rings. The average Bonchev–Trinajstić information content (AvgIpc) is 3.12. The lowest BCUT2D eigenvalue weighted by atomic mass is 9.68. The number of hydrogen-bond donors (Lipinski definition) is 3. The molecule has 148 valence electrons. The molecule has 0 bridgehead atoms. The Bertz CT molecular complexity index is 1110. The van der Waals surface area contributed by atoms with Gasteiger partial charge in [-0.15, -0.1) is 0 Å². The highest BCUT2D eigenvalue weighted by molar-refractivity contribution is 6.33. The number of allylic oxidation sites excluding steroid dienone is 2. The largest absolute Gasteiger partial charge is 0.506 e. The molecule has 0 spiro atoms. The number of Topliss-reactive ketones (excluding diaryl/α,β-unsaturated/α-hetero) is 1. The van der Waals surface area contributed by atoms with E-state index >= 15 is 0 Å². The summed E-state index contributed by atoms with van der Waals surface area (Å²) in [5, 5.41) is 38.2. The topological polar surface area (TPSA) is 111 Å². The van der Waals surface area contributed by atoms with Crippen molar-refractivity contribution in [2.75, 3.05) is 13.2 Å². The molecule has 29 heavy (non-hydrogen) atoms. The zero-order valence-electron chi connectivity index (χ0n) is 16.2. The number of fused-ring (bicyclic) bond motifs is 3. The number of hydrogen-bond acceptors (Lipinski definition) is 6. The van der Waals surface area contributed by atoms with Gasteiger partial charge in [0.05, 0.1) is 12.2 Å². The van der Waals surface area contributed by atoms with Crippen LogP contribution in [0.5, 0.6) is 11.5 Å². The summed E-state index contributed by atoms with van der Waals surface area (Å²) in [7, 11) is 0. The number of phenolic OH excluding ortho intramolecular Hbond substituents is 1. The van der Waals surface area contributed by atoms with Crippen LogP contribution in [0.15, 0.2) is 35.9 Å². The van der Waals surface area contributed by atoms with Crippen molar-refractivity contribution < 1.29 is 24.9 Å². The number of carbonyl (C=O) groups excluding carboxylic acids is 1. The Morgan fingerprint density at radius 1 is 1.24 bits per heavy atom. The van der Waals surface area contributed by atoms with E-state index in [-0.39, 0.29) is 23.7 Å². The third kappa shape index (κ3) is 2.82. The van der Waals surface area contributed by atoms with E-state index in [9.17, 15) is 20.3 Å². The molecule has 2 aromatic carbocycles. The lowest BCUT2D eigenvalue weighted by molar-refractivity contribution is 0.0535. The Balaban J connectivity index is 1.78. The molecule has 6 heteroatoms. The first-order valence-corrected chi connectivity index (χ1v) is 9.39. The highest BCUT2D eigenvalue weighted by Crippen LogP contribution is 2.52. The molecule has 2 aliphatic rings. The van der Waals surface area contributed by atoms with Gasteiger partial charge < -0.3 is 20.1 Å². The molecular formula is C23H21NO5. The van der Waals surface area contributed by atoms with Crippen LogP contribution in [-0.2, 0) is 11.8 Å². The average molecular weight is 391 g/mol. The van der Waals surface area contributed by atoms with E-state index in [1.54, 1.807) is 30.3 Å². The molecule has 0 aromatic heterocycles. The van der Waals surface area contributed by atoms with E-state index in [4.69, 9.17) is 9.84 Å². The summed E-state index contributed by atoms with van der Waals surface area (Å²) in [6.45, 7) is 3.60. The Morgan fingerprint density at radius 2 is 1.97 bits per heavy atom. The van der Waals surface area contributed by atoms with E-state index < -0.39 is 18.1 Å². The molecule has 0 amide bonds. The van der Waals surface area contributed by atoms with Crippen LogP contribution in [0.2, 0.25) is 0 Å². The van der Waals surface area contributed by atoms with Gasteiger partial charge in [-0.25, -0.2) is 0 Å². The first-order valence-electron chi connectivity index (χ1n) is 9.39. The summed E-state index contributed by atoms with van der Waals surface area (Å²) in [6.07, 6.45) is -0.574. The molecular weight excluding hydrogens is 370 g/mol. The molecule has 3 N–H and O–H groups in total. The number of ketones is 1. The van der Waals surface area contributed by atoms with Gasteiger partial charge in [0.25, 0.3) is 0 Å². The van der Waals surface area contributed by atoms with Crippen LogP contribution in [0.3, 0.4) is 0 Å². The van der Waals surface area contributed by atoms with Crippen molar-refractivity contribution in [2.24, 2.45) is 0 Å².